The van der Waals surface area contributed by atoms with Gasteiger partial charge < -0.3 is 0 Å². The lowest BCUT2D eigenvalue weighted by Gasteiger charge is -2.16. The highest BCUT2D eigenvalue weighted by Gasteiger charge is 2.51. The number of benzene rings is 2. The first-order chi connectivity index (χ1) is 11.0. The van der Waals surface area contributed by atoms with Gasteiger partial charge in [0.15, 0.2) is 0 Å². The summed E-state index contributed by atoms with van der Waals surface area (Å²) in [5.74, 6) is -1.10. The highest BCUT2D eigenvalue weighted by Crippen LogP contribution is 2.48. The molecule has 0 radical (unpaired) electrons. The summed E-state index contributed by atoms with van der Waals surface area (Å²) in [5, 5.41) is 0.439. The predicted octanol–water partition coefficient (Wildman–Crippen LogP) is 2.97. The van der Waals surface area contributed by atoms with Gasteiger partial charge in [0.1, 0.15) is 5.82 Å². The average Bonchev–Trinajstić information content (AvgIpc) is 3.35. The van der Waals surface area contributed by atoms with E-state index in [9.17, 15) is 14.0 Å². The van der Waals surface area contributed by atoms with Crippen molar-refractivity contribution in [1.82, 2.24) is 10.9 Å². The Bertz CT molecular complexity index is 757. The molecule has 6 heteroatoms. The van der Waals surface area contributed by atoms with Gasteiger partial charge >= 0.3 is 0 Å². The van der Waals surface area contributed by atoms with Crippen molar-refractivity contribution < 1.29 is 14.0 Å². The van der Waals surface area contributed by atoms with E-state index in [1.54, 1.807) is 30.3 Å². The average molecular weight is 333 g/mol. The van der Waals surface area contributed by atoms with Gasteiger partial charge in [0.25, 0.3) is 5.91 Å². The molecule has 0 atom stereocenters. The van der Waals surface area contributed by atoms with Crippen LogP contribution in [0.1, 0.15) is 28.8 Å². The Morgan fingerprint density at radius 3 is 2.35 bits per heavy atom. The molecule has 1 aliphatic carbocycles. The van der Waals surface area contributed by atoms with Gasteiger partial charge in [0.05, 0.1) is 5.41 Å². The Kier molecular flexibility index (Phi) is 4.05. The summed E-state index contributed by atoms with van der Waals surface area (Å²) in [6.07, 6.45) is 1.33. The van der Waals surface area contributed by atoms with Gasteiger partial charge in [-0.15, -0.1) is 0 Å². The van der Waals surface area contributed by atoms with Crippen LogP contribution in [0.2, 0.25) is 5.02 Å². The van der Waals surface area contributed by atoms with Gasteiger partial charge in [-0.3, -0.25) is 20.4 Å². The molecule has 1 fully saturated rings. The summed E-state index contributed by atoms with van der Waals surface area (Å²) in [7, 11) is 0. The van der Waals surface area contributed by atoms with E-state index in [2.05, 4.69) is 10.9 Å². The molecular weight excluding hydrogens is 319 g/mol. The number of hydrazine groups is 1. The van der Waals surface area contributed by atoms with E-state index in [1.807, 2.05) is 0 Å². The first-order valence-corrected chi connectivity index (χ1v) is 7.51. The Balaban J connectivity index is 1.65. The van der Waals surface area contributed by atoms with Gasteiger partial charge in [-0.2, -0.15) is 0 Å². The number of nitrogens with one attached hydrogen (secondary N) is 2. The SMILES string of the molecule is O=C(NNC(=O)C1(c2ccc(F)cc2)CC1)c1cccc(Cl)c1. The number of hydrogen-bond donors (Lipinski definition) is 2. The molecule has 3 rings (SSSR count). The van der Waals surface area contributed by atoms with Crippen LogP contribution in [-0.4, -0.2) is 11.8 Å². The molecule has 2 N–H and O–H groups in total. The highest BCUT2D eigenvalue weighted by atomic mass is 35.5. The minimum atomic E-state index is -0.685. The van der Waals surface area contributed by atoms with Gasteiger partial charge in [-0.1, -0.05) is 29.8 Å². The second-order valence-electron chi connectivity index (χ2n) is 5.51. The third-order valence-corrected chi connectivity index (χ3v) is 4.19. The van der Waals surface area contributed by atoms with Gasteiger partial charge in [-0.25, -0.2) is 4.39 Å². The second kappa shape index (κ2) is 6.01. The zero-order chi connectivity index (χ0) is 16.4. The maximum Gasteiger partial charge on any atom is 0.269 e. The summed E-state index contributed by atoms with van der Waals surface area (Å²) >= 11 is 5.83. The Morgan fingerprint density at radius 2 is 1.74 bits per heavy atom. The number of carbonyl (C=O) groups is 2. The van der Waals surface area contributed by atoms with Crippen LogP contribution in [0.15, 0.2) is 48.5 Å². The monoisotopic (exact) mass is 332 g/mol. The van der Waals surface area contributed by atoms with Gasteiger partial charge in [0.2, 0.25) is 5.91 Å². The zero-order valence-electron chi connectivity index (χ0n) is 12.1. The topological polar surface area (TPSA) is 58.2 Å². The molecule has 1 saturated carbocycles. The fraction of sp³-hybridized carbons (Fsp3) is 0.176. The molecule has 0 saturated heterocycles. The van der Waals surface area contributed by atoms with Gasteiger partial charge in [-0.05, 0) is 48.7 Å². The number of rotatable bonds is 3. The van der Waals surface area contributed by atoms with Crippen LogP contribution in [0, 0.1) is 5.82 Å². The largest absolute Gasteiger partial charge is 0.272 e. The van der Waals surface area contributed by atoms with Crippen molar-refractivity contribution in [3.8, 4) is 0 Å². The van der Waals surface area contributed by atoms with Crippen LogP contribution in [0.4, 0.5) is 4.39 Å². The maximum atomic E-state index is 13.0. The van der Waals surface area contributed by atoms with Crippen molar-refractivity contribution in [1.29, 1.82) is 0 Å². The third kappa shape index (κ3) is 3.19. The summed E-state index contributed by atoms with van der Waals surface area (Å²) in [6.45, 7) is 0. The van der Waals surface area contributed by atoms with Crippen LogP contribution in [0.25, 0.3) is 0 Å². The molecule has 2 aromatic carbocycles. The molecular formula is C17H14ClFN2O2. The van der Waals surface area contributed by atoms with Crippen molar-refractivity contribution in [2.75, 3.05) is 0 Å². The van der Waals surface area contributed by atoms with Crippen LogP contribution in [0.5, 0.6) is 0 Å². The lowest BCUT2D eigenvalue weighted by molar-refractivity contribution is -0.124. The van der Waals surface area contributed by atoms with Crippen molar-refractivity contribution in [3.63, 3.8) is 0 Å². The van der Waals surface area contributed by atoms with E-state index in [1.165, 1.54) is 18.2 Å². The molecule has 23 heavy (non-hydrogen) atoms. The van der Waals surface area contributed by atoms with E-state index in [-0.39, 0.29) is 11.7 Å². The second-order valence-corrected chi connectivity index (χ2v) is 5.94. The summed E-state index contributed by atoms with van der Waals surface area (Å²) in [5.41, 5.74) is 5.23. The van der Waals surface area contributed by atoms with Crippen molar-refractivity contribution in [2.24, 2.45) is 0 Å². The molecule has 0 bridgehead atoms. The lowest BCUT2D eigenvalue weighted by Crippen LogP contribution is -2.46. The van der Waals surface area contributed by atoms with Crippen LogP contribution in [-0.2, 0) is 10.2 Å². The molecule has 0 spiro atoms. The molecule has 2 amide bonds. The van der Waals surface area contributed by atoms with Crippen LogP contribution in [0.3, 0.4) is 0 Å². The van der Waals surface area contributed by atoms with Crippen molar-refractivity contribution in [3.05, 3.63) is 70.5 Å². The first kappa shape index (κ1) is 15.5. The normalized spacial score (nSPS) is 14.9. The predicted molar refractivity (Wildman–Crippen MR) is 84.4 cm³/mol. The number of amides is 2. The molecule has 0 heterocycles. The quantitative estimate of drug-likeness (QED) is 0.849. The lowest BCUT2D eigenvalue weighted by atomic mass is 9.95. The molecule has 0 aliphatic heterocycles. The molecule has 118 valence electrons. The van der Waals surface area contributed by atoms with Crippen LogP contribution >= 0.6 is 11.6 Å². The van der Waals surface area contributed by atoms with E-state index in [0.717, 1.165) is 5.56 Å². The Hall–Kier alpha value is -2.40. The standard InChI is InChI=1S/C17H14ClFN2O2/c18-13-3-1-2-11(10-13)15(22)20-21-16(23)17(8-9-17)12-4-6-14(19)7-5-12/h1-7,10H,8-9H2,(H,20,22)(H,21,23). The number of carbonyl (C=O) groups excluding carboxylic acids is 2. The van der Waals surface area contributed by atoms with Crippen LogP contribution < -0.4 is 10.9 Å². The first-order valence-electron chi connectivity index (χ1n) is 7.14. The fourth-order valence-electron chi connectivity index (χ4n) is 2.48. The molecule has 4 nitrogen and oxygen atoms in total. The van der Waals surface area contributed by atoms with E-state index < -0.39 is 11.3 Å². The maximum absolute atomic E-state index is 13.0. The molecule has 1 aliphatic rings. The minimum absolute atomic E-state index is 0.306. The zero-order valence-corrected chi connectivity index (χ0v) is 12.9. The van der Waals surface area contributed by atoms with Crippen molar-refractivity contribution >= 4 is 23.4 Å². The smallest absolute Gasteiger partial charge is 0.269 e. The highest BCUT2D eigenvalue weighted by molar-refractivity contribution is 6.30. The third-order valence-electron chi connectivity index (χ3n) is 3.96. The molecule has 0 unspecified atom stereocenters. The molecule has 0 aromatic heterocycles. The number of hydrogen-bond acceptors (Lipinski definition) is 2. The fourth-order valence-corrected chi connectivity index (χ4v) is 2.67. The van der Waals surface area contributed by atoms with E-state index in [0.29, 0.717) is 23.4 Å². The number of halogens is 2. The van der Waals surface area contributed by atoms with Crippen molar-refractivity contribution in [2.45, 2.75) is 18.3 Å². The summed E-state index contributed by atoms with van der Waals surface area (Å²) in [4.78, 5) is 24.4. The minimum Gasteiger partial charge on any atom is -0.272 e. The summed E-state index contributed by atoms with van der Waals surface area (Å²) in [6, 6.07) is 12.3. The van der Waals surface area contributed by atoms with Gasteiger partial charge in [0, 0.05) is 10.6 Å². The van der Waals surface area contributed by atoms with E-state index >= 15 is 0 Å². The summed E-state index contributed by atoms with van der Waals surface area (Å²) < 4.78 is 13.0. The van der Waals surface area contributed by atoms with E-state index in [4.69, 9.17) is 11.6 Å². The Morgan fingerprint density at radius 1 is 1.04 bits per heavy atom. The molecule has 2 aromatic rings. The Labute approximate surface area is 137 Å².